The van der Waals surface area contributed by atoms with Crippen LogP contribution in [0.2, 0.25) is 0 Å². The van der Waals surface area contributed by atoms with E-state index in [-0.39, 0.29) is 5.60 Å². The molecule has 1 aliphatic heterocycles. The monoisotopic (exact) mass is 359 g/mol. The number of benzene rings is 2. The molecule has 2 nitrogen and oxygen atoms in total. The smallest absolute Gasteiger partial charge is 0.389 e. The number of oxime groups is 1. The molecular weight excluding hydrogens is 339 g/mol. The van der Waals surface area contributed by atoms with Crippen molar-refractivity contribution in [2.75, 3.05) is 0 Å². The summed E-state index contributed by atoms with van der Waals surface area (Å²) in [6.45, 7) is 0. The molecule has 0 unspecified atom stereocenters. The number of rotatable bonds is 2. The minimum absolute atomic E-state index is 0.288. The summed E-state index contributed by atoms with van der Waals surface area (Å²) in [6, 6.07) is 15.7. The van der Waals surface area contributed by atoms with Crippen molar-refractivity contribution in [3.8, 4) is 0 Å². The fraction of sp³-hybridized carbons (Fsp3) is 0.381. The van der Waals surface area contributed by atoms with Gasteiger partial charge in [-0.05, 0) is 54.9 Å². The first-order valence-corrected chi connectivity index (χ1v) is 8.93. The number of nitrogens with zero attached hydrogens (tertiary/aromatic N) is 1. The molecule has 1 saturated carbocycles. The maximum absolute atomic E-state index is 12.7. The molecule has 1 spiro atoms. The first kappa shape index (κ1) is 17.1. The van der Waals surface area contributed by atoms with Crippen LogP contribution in [0.15, 0.2) is 59.8 Å². The fourth-order valence-electron chi connectivity index (χ4n) is 4.00. The molecule has 0 N–H and O–H groups in total. The van der Waals surface area contributed by atoms with Gasteiger partial charge in [0.15, 0.2) is 0 Å². The SMILES string of the molecule is FC(F)(F)c1ccc(C2=NOC3(CCC(c4ccccc4)CC3)C2)cc1. The Bertz CT molecular complexity index is 788. The maximum atomic E-state index is 12.7. The van der Waals surface area contributed by atoms with Crippen LogP contribution in [-0.4, -0.2) is 11.3 Å². The Morgan fingerprint density at radius 2 is 1.58 bits per heavy atom. The molecule has 0 atom stereocenters. The molecule has 0 radical (unpaired) electrons. The Hall–Kier alpha value is -2.30. The summed E-state index contributed by atoms with van der Waals surface area (Å²) in [7, 11) is 0. The van der Waals surface area contributed by atoms with E-state index in [4.69, 9.17) is 4.84 Å². The summed E-state index contributed by atoms with van der Waals surface area (Å²) < 4.78 is 38.1. The second-order valence-electron chi connectivity index (χ2n) is 7.25. The van der Waals surface area contributed by atoms with Crippen LogP contribution in [0.4, 0.5) is 13.2 Å². The molecular formula is C21H20F3NO. The van der Waals surface area contributed by atoms with Gasteiger partial charge >= 0.3 is 6.18 Å². The van der Waals surface area contributed by atoms with Crippen molar-refractivity contribution < 1.29 is 18.0 Å². The minimum Gasteiger partial charge on any atom is -0.389 e. The predicted molar refractivity (Wildman–Crippen MR) is 94.1 cm³/mol. The van der Waals surface area contributed by atoms with Crippen LogP contribution in [0.5, 0.6) is 0 Å². The molecule has 136 valence electrons. The molecule has 1 fully saturated rings. The van der Waals surface area contributed by atoms with E-state index in [1.165, 1.54) is 17.7 Å². The quantitative estimate of drug-likeness (QED) is 0.651. The van der Waals surface area contributed by atoms with E-state index in [1.54, 1.807) is 0 Å². The van der Waals surface area contributed by atoms with Gasteiger partial charge in [-0.1, -0.05) is 47.6 Å². The molecule has 2 aromatic rings. The fourth-order valence-corrected chi connectivity index (χ4v) is 4.00. The van der Waals surface area contributed by atoms with Crippen LogP contribution in [-0.2, 0) is 11.0 Å². The van der Waals surface area contributed by atoms with E-state index in [1.807, 2.05) is 6.07 Å². The lowest BCUT2D eigenvalue weighted by Gasteiger charge is -2.35. The average Bonchev–Trinajstić information content (AvgIpc) is 3.06. The van der Waals surface area contributed by atoms with E-state index in [2.05, 4.69) is 29.4 Å². The van der Waals surface area contributed by atoms with Gasteiger partial charge < -0.3 is 4.84 Å². The molecule has 0 saturated heterocycles. The Morgan fingerprint density at radius 3 is 2.19 bits per heavy atom. The second kappa shape index (κ2) is 6.45. The third kappa shape index (κ3) is 3.35. The lowest BCUT2D eigenvalue weighted by molar-refractivity contribution is -0.137. The highest BCUT2D eigenvalue weighted by atomic mass is 19.4. The first-order chi connectivity index (χ1) is 12.5. The van der Waals surface area contributed by atoms with Gasteiger partial charge in [-0.25, -0.2) is 0 Å². The van der Waals surface area contributed by atoms with Gasteiger partial charge in [0.05, 0.1) is 11.3 Å². The number of hydrogen-bond donors (Lipinski definition) is 0. The van der Waals surface area contributed by atoms with Gasteiger partial charge in [-0.15, -0.1) is 0 Å². The Kier molecular flexibility index (Phi) is 4.25. The molecule has 2 aromatic carbocycles. The van der Waals surface area contributed by atoms with Gasteiger partial charge in [-0.3, -0.25) is 0 Å². The summed E-state index contributed by atoms with van der Waals surface area (Å²) in [5.41, 5.74) is 1.89. The highest BCUT2D eigenvalue weighted by Crippen LogP contribution is 2.44. The van der Waals surface area contributed by atoms with Crippen molar-refractivity contribution in [2.24, 2.45) is 5.16 Å². The van der Waals surface area contributed by atoms with Crippen LogP contribution in [0.1, 0.15) is 54.7 Å². The van der Waals surface area contributed by atoms with E-state index < -0.39 is 11.7 Å². The molecule has 0 aromatic heterocycles. The highest BCUT2D eigenvalue weighted by molar-refractivity contribution is 6.01. The van der Waals surface area contributed by atoms with Gasteiger partial charge in [0.25, 0.3) is 0 Å². The predicted octanol–water partition coefficient (Wildman–Crippen LogP) is 5.93. The Labute approximate surface area is 150 Å². The summed E-state index contributed by atoms with van der Waals surface area (Å²) in [5, 5.41) is 4.21. The van der Waals surface area contributed by atoms with E-state index >= 15 is 0 Å². The highest BCUT2D eigenvalue weighted by Gasteiger charge is 2.43. The number of hydrogen-bond acceptors (Lipinski definition) is 2. The van der Waals surface area contributed by atoms with Crippen molar-refractivity contribution in [1.29, 1.82) is 0 Å². The third-order valence-electron chi connectivity index (χ3n) is 5.55. The molecule has 1 aliphatic carbocycles. The van der Waals surface area contributed by atoms with Crippen LogP contribution >= 0.6 is 0 Å². The lowest BCUT2D eigenvalue weighted by Crippen LogP contribution is -2.34. The van der Waals surface area contributed by atoms with Crippen molar-refractivity contribution in [3.05, 3.63) is 71.3 Å². The zero-order valence-electron chi connectivity index (χ0n) is 14.3. The number of alkyl halides is 3. The molecule has 26 heavy (non-hydrogen) atoms. The van der Waals surface area contributed by atoms with Crippen molar-refractivity contribution in [1.82, 2.24) is 0 Å². The Morgan fingerprint density at radius 1 is 0.923 bits per heavy atom. The molecule has 5 heteroatoms. The topological polar surface area (TPSA) is 21.6 Å². The summed E-state index contributed by atoms with van der Waals surface area (Å²) in [6.07, 6.45) is 0.267. The molecule has 0 bridgehead atoms. The lowest BCUT2D eigenvalue weighted by atomic mass is 9.74. The van der Waals surface area contributed by atoms with E-state index in [9.17, 15) is 13.2 Å². The van der Waals surface area contributed by atoms with Crippen molar-refractivity contribution in [3.63, 3.8) is 0 Å². The van der Waals surface area contributed by atoms with Gasteiger partial charge in [-0.2, -0.15) is 13.2 Å². The molecule has 0 amide bonds. The van der Waals surface area contributed by atoms with Crippen LogP contribution in [0, 0.1) is 0 Å². The summed E-state index contributed by atoms with van der Waals surface area (Å²) >= 11 is 0. The minimum atomic E-state index is -4.32. The van der Waals surface area contributed by atoms with E-state index in [0.29, 0.717) is 17.9 Å². The zero-order valence-corrected chi connectivity index (χ0v) is 14.3. The summed E-state index contributed by atoms with van der Waals surface area (Å²) in [4.78, 5) is 5.80. The van der Waals surface area contributed by atoms with E-state index in [0.717, 1.165) is 43.5 Å². The van der Waals surface area contributed by atoms with Gasteiger partial charge in [0.1, 0.15) is 5.60 Å². The average molecular weight is 359 g/mol. The molecule has 4 rings (SSSR count). The largest absolute Gasteiger partial charge is 0.416 e. The third-order valence-corrected chi connectivity index (χ3v) is 5.55. The summed E-state index contributed by atoms with van der Waals surface area (Å²) in [5.74, 6) is 0.542. The van der Waals surface area contributed by atoms with Crippen LogP contribution in [0.3, 0.4) is 0 Å². The normalized spacial score (nSPS) is 25.8. The van der Waals surface area contributed by atoms with Crippen molar-refractivity contribution >= 4 is 5.71 Å². The molecule has 1 heterocycles. The van der Waals surface area contributed by atoms with Gasteiger partial charge in [0.2, 0.25) is 0 Å². The van der Waals surface area contributed by atoms with Gasteiger partial charge in [0, 0.05) is 6.42 Å². The number of halogens is 3. The standard InChI is InChI=1S/C21H20F3NO/c22-21(23,24)18-8-6-17(7-9-18)19-14-20(26-25-19)12-10-16(11-13-20)15-4-2-1-3-5-15/h1-9,16H,10-14H2. The van der Waals surface area contributed by atoms with Crippen LogP contribution in [0.25, 0.3) is 0 Å². The second-order valence-corrected chi connectivity index (χ2v) is 7.25. The first-order valence-electron chi connectivity index (χ1n) is 8.93. The zero-order chi connectivity index (χ0) is 18.2. The molecule has 2 aliphatic rings. The maximum Gasteiger partial charge on any atom is 0.416 e. The Balaban J connectivity index is 1.41. The van der Waals surface area contributed by atoms with Crippen LogP contribution < -0.4 is 0 Å². The van der Waals surface area contributed by atoms with Crippen molar-refractivity contribution in [2.45, 2.75) is 49.8 Å².